The minimum Gasteiger partial charge on any atom is -0.250 e. The first-order valence-corrected chi connectivity index (χ1v) is 4.26. The van der Waals surface area contributed by atoms with E-state index in [0.717, 1.165) is 0 Å². The number of halogens is 5. The first-order chi connectivity index (χ1) is 7.80. The number of aromatic nitrogens is 3. The quantitative estimate of drug-likeness (QED) is 0.790. The van der Waals surface area contributed by atoms with Gasteiger partial charge in [0.25, 0.3) is 6.43 Å². The molecule has 0 fully saturated rings. The van der Waals surface area contributed by atoms with Crippen LogP contribution < -0.4 is 5.69 Å². The third kappa shape index (κ3) is 1.87. The topological polar surface area (TPSA) is 50.2 Å². The molecule has 0 aromatic carbocycles. The van der Waals surface area contributed by atoms with Crippen LogP contribution in [0.5, 0.6) is 0 Å². The minimum atomic E-state index is -4.96. The van der Waals surface area contributed by atoms with Gasteiger partial charge in [0.1, 0.15) is 0 Å². The van der Waals surface area contributed by atoms with Gasteiger partial charge in [-0.25, -0.2) is 23.1 Å². The molecule has 2 rings (SSSR count). The molecular weight excluding hydrogens is 249 g/mol. The molecular formula is C8H4F5N3O. The molecule has 17 heavy (non-hydrogen) atoms. The fraction of sp³-hybridized carbons (Fsp3) is 0.250. The number of aromatic amines is 1. The van der Waals surface area contributed by atoms with Crippen molar-refractivity contribution < 1.29 is 22.0 Å². The van der Waals surface area contributed by atoms with Gasteiger partial charge in [-0.15, -0.1) is 0 Å². The molecule has 0 radical (unpaired) electrons. The van der Waals surface area contributed by atoms with Crippen molar-refractivity contribution >= 4 is 5.65 Å². The van der Waals surface area contributed by atoms with Crippen LogP contribution in [0.15, 0.2) is 17.1 Å². The Bertz CT molecular complexity index is 612. The van der Waals surface area contributed by atoms with Gasteiger partial charge >= 0.3 is 11.9 Å². The van der Waals surface area contributed by atoms with E-state index < -0.39 is 29.4 Å². The molecule has 0 aliphatic carbocycles. The Morgan fingerprint density at radius 3 is 2.53 bits per heavy atom. The second-order valence-electron chi connectivity index (χ2n) is 3.20. The van der Waals surface area contributed by atoms with Crippen LogP contribution in [-0.4, -0.2) is 14.6 Å². The summed E-state index contributed by atoms with van der Waals surface area (Å²) in [5.41, 5.74) is -3.97. The lowest BCUT2D eigenvalue weighted by Crippen LogP contribution is -2.15. The molecule has 0 saturated heterocycles. The van der Waals surface area contributed by atoms with E-state index in [-0.39, 0.29) is 5.65 Å². The molecule has 0 atom stereocenters. The van der Waals surface area contributed by atoms with Gasteiger partial charge in [-0.1, -0.05) is 0 Å². The summed E-state index contributed by atoms with van der Waals surface area (Å²) in [6, 6.07) is 0.533. The fourth-order valence-electron chi connectivity index (χ4n) is 1.38. The lowest BCUT2D eigenvalue weighted by molar-refractivity contribution is -0.139. The molecule has 0 bridgehead atoms. The zero-order valence-electron chi connectivity index (χ0n) is 7.92. The molecule has 0 aliphatic heterocycles. The Morgan fingerprint density at radius 2 is 2.00 bits per heavy atom. The van der Waals surface area contributed by atoms with Crippen molar-refractivity contribution in [3.8, 4) is 0 Å². The molecule has 0 saturated carbocycles. The first kappa shape index (κ1) is 11.6. The van der Waals surface area contributed by atoms with E-state index in [1.54, 1.807) is 0 Å². The van der Waals surface area contributed by atoms with Gasteiger partial charge in [0.15, 0.2) is 5.65 Å². The number of H-pyrrole nitrogens is 1. The van der Waals surface area contributed by atoms with Gasteiger partial charge in [0.05, 0.1) is 5.56 Å². The van der Waals surface area contributed by atoms with E-state index in [4.69, 9.17) is 0 Å². The Kier molecular flexibility index (Phi) is 2.40. The van der Waals surface area contributed by atoms with Crippen molar-refractivity contribution in [2.75, 3.05) is 0 Å². The molecule has 1 N–H and O–H groups in total. The molecule has 2 aromatic rings. The number of nitrogens with zero attached hydrogens (tertiary/aromatic N) is 2. The lowest BCUT2D eigenvalue weighted by Gasteiger charge is -2.12. The van der Waals surface area contributed by atoms with Gasteiger partial charge in [-0.2, -0.15) is 18.3 Å². The van der Waals surface area contributed by atoms with Crippen LogP contribution in [0.4, 0.5) is 22.0 Å². The van der Waals surface area contributed by atoms with Crippen molar-refractivity contribution in [1.29, 1.82) is 0 Å². The molecule has 0 unspecified atom stereocenters. The maximum atomic E-state index is 12.5. The Balaban J connectivity index is 2.82. The first-order valence-electron chi connectivity index (χ1n) is 4.26. The number of pyridine rings is 1. The summed E-state index contributed by atoms with van der Waals surface area (Å²) in [7, 11) is 0. The Morgan fingerprint density at radius 1 is 1.35 bits per heavy atom. The molecule has 92 valence electrons. The van der Waals surface area contributed by atoms with Crippen LogP contribution in [-0.2, 0) is 6.18 Å². The molecule has 2 heterocycles. The summed E-state index contributed by atoms with van der Waals surface area (Å²) in [5.74, 6) is 0. The maximum Gasteiger partial charge on any atom is 0.418 e. The van der Waals surface area contributed by atoms with Crippen LogP contribution in [0.1, 0.15) is 17.6 Å². The number of nitrogens with one attached hydrogen (secondary N) is 1. The van der Waals surface area contributed by atoms with Gasteiger partial charge in [-0.3, -0.25) is 0 Å². The second kappa shape index (κ2) is 3.54. The van der Waals surface area contributed by atoms with Crippen LogP contribution in [0.2, 0.25) is 0 Å². The molecule has 0 spiro atoms. The third-order valence-corrected chi connectivity index (χ3v) is 2.13. The summed E-state index contributed by atoms with van der Waals surface area (Å²) < 4.78 is 62.9. The van der Waals surface area contributed by atoms with Crippen LogP contribution in [0.25, 0.3) is 5.65 Å². The number of fused-ring (bicyclic) bond motifs is 1. The predicted molar refractivity (Wildman–Crippen MR) is 45.8 cm³/mol. The number of hydrogen-bond acceptors (Lipinski definition) is 2. The molecule has 0 amide bonds. The van der Waals surface area contributed by atoms with Crippen molar-refractivity contribution in [3.05, 3.63) is 33.9 Å². The average Bonchev–Trinajstić information content (AvgIpc) is 2.57. The normalized spacial score (nSPS) is 12.6. The van der Waals surface area contributed by atoms with Gasteiger partial charge in [0.2, 0.25) is 0 Å². The summed E-state index contributed by atoms with van der Waals surface area (Å²) in [4.78, 5) is 11.0. The van der Waals surface area contributed by atoms with E-state index in [0.29, 0.717) is 16.7 Å². The average molecular weight is 253 g/mol. The van der Waals surface area contributed by atoms with Crippen molar-refractivity contribution in [3.63, 3.8) is 0 Å². The molecule has 9 heteroatoms. The summed E-state index contributed by atoms with van der Waals surface area (Å²) in [6.45, 7) is 0. The monoisotopic (exact) mass is 253 g/mol. The zero-order chi connectivity index (χ0) is 12.8. The minimum absolute atomic E-state index is 0.293. The number of rotatable bonds is 1. The highest BCUT2D eigenvalue weighted by Crippen LogP contribution is 2.36. The predicted octanol–water partition coefficient (Wildman–Crippen LogP) is 1.98. The van der Waals surface area contributed by atoms with Gasteiger partial charge < -0.3 is 0 Å². The smallest absolute Gasteiger partial charge is 0.250 e. The number of hydrogen-bond donors (Lipinski definition) is 1. The van der Waals surface area contributed by atoms with E-state index in [1.807, 2.05) is 5.10 Å². The molecule has 2 aromatic heterocycles. The van der Waals surface area contributed by atoms with Crippen LogP contribution >= 0.6 is 0 Å². The third-order valence-electron chi connectivity index (χ3n) is 2.13. The van der Waals surface area contributed by atoms with Crippen LogP contribution in [0.3, 0.4) is 0 Å². The summed E-state index contributed by atoms with van der Waals surface area (Å²) in [5, 5.41) is 5.18. The Labute approximate surface area is 89.7 Å². The van der Waals surface area contributed by atoms with E-state index >= 15 is 0 Å². The molecule has 4 nitrogen and oxygen atoms in total. The highest BCUT2D eigenvalue weighted by Gasteiger charge is 2.36. The van der Waals surface area contributed by atoms with Gasteiger partial charge in [-0.05, 0) is 6.07 Å². The maximum absolute atomic E-state index is 12.5. The van der Waals surface area contributed by atoms with Gasteiger partial charge in [0, 0.05) is 11.8 Å². The summed E-state index contributed by atoms with van der Waals surface area (Å²) in [6.07, 6.45) is -7.96. The zero-order valence-corrected chi connectivity index (χ0v) is 7.92. The van der Waals surface area contributed by atoms with E-state index in [9.17, 15) is 26.7 Å². The number of alkyl halides is 5. The Hall–Kier alpha value is -1.93. The van der Waals surface area contributed by atoms with Crippen molar-refractivity contribution in [2.45, 2.75) is 12.6 Å². The summed E-state index contributed by atoms with van der Waals surface area (Å²) >= 11 is 0. The van der Waals surface area contributed by atoms with Crippen LogP contribution in [0, 0.1) is 0 Å². The van der Waals surface area contributed by atoms with E-state index in [2.05, 4.69) is 5.10 Å². The SMILES string of the molecule is O=c1[nH]nc2cc(C(F)F)c(C(F)(F)F)cn12. The van der Waals surface area contributed by atoms with Crippen molar-refractivity contribution in [1.82, 2.24) is 14.6 Å². The highest BCUT2D eigenvalue weighted by atomic mass is 19.4. The standard InChI is InChI=1S/C8H4F5N3O/c9-6(10)3-1-5-14-15-7(17)16(5)2-4(3)8(11,12)13/h1-2,6H,(H,15,17). The highest BCUT2D eigenvalue weighted by molar-refractivity contribution is 5.44. The largest absolute Gasteiger partial charge is 0.418 e. The molecule has 0 aliphatic rings. The lowest BCUT2D eigenvalue weighted by atomic mass is 10.1. The fourth-order valence-corrected chi connectivity index (χ4v) is 1.38. The van der Waals surface area contributed by atoms with Crippen molar-refractivity contribution in [2.24, 2.45) is 0 Å². The van der Waals surface area contributed by atoms with E-state index in [1.165, 1.54) is 0 Å². The second-order valence-corrected chi connectivity index (χ2v) is 3.20.